The highest BCUT2D eigenvalue weighted by Gasteiger charge is 2.04. The van der Waals surface area contributed by atoms with Crippen LogP contribution >= 0.6 is 11.3 Å². The predicted octanol–water partition coefficient (Wildman–Crippen LogP) is 1.73. The lowest BCUT2D eigenvalue weighted by atomic mass is 10.4. The van der Waals surface area contributed by atoms with Crippen molar-refractivity contribution in [1.82, 2.24) is 9.78 Å². The Labute approximate surface area is 96.3 Å². The zero-order valence-corrected chi connectivity index (χ0v) is 9.59. The zero-order chi connectivity index (χ0) is 11.5. The van der Waals surface area contributed by atoms with Crippen LogP contribution in [0.1, 0.15) is 10.6 Å². The molecule has 0 aliphatic carbocycles. The molecule has 2 heterocycles. The number of aryl methyl sites for hydroxylation is 1. The van der Waals surface area contributed by atoms with Gasteiger partial charge in [-0.05, 0) is 12.1 Å². The summed E-state index contributed by atoms with van der Waals surface area (Å²) in [5, 5.41) is 16.0. The van der Waals surface area contributed by atoms with Gasteiger partial charge in [-0.25, -0.2) is 0 Å². The van der Waals surface area contributed by atoms with E-state index in [1.54, 1.807) is 23.9 Å². The molecular formula is C10H12FN3OS. The van der Waals surface area contributed by atoms with E-state index in [4.69, 9.17) is 5.11 Å². The minimum absolute atomic E-state index is 0.0428. The molecule has 0 unspecified atom stereocenters. The first-order chi connectivity index (χ1) is 7.69. The molecule has 0 bridgehead atoms. The summed E-state index contributed by atoms with van der Waals surface area (Å²) in [5.41, 5.74) is 0.736. The number of nitrogens with one attached hydrogen (secondary N) is 1. The SMILES string of the molecule is Cn1nc(NCc2ccc(F)s2)cc1CO. The topological polar surface area (TPSA) is 50.1 Å². The van der Waals surface area contributed by atoms with E-state index >= 15 is 0 Å². The van der Waals surface area contributed by atoms with Gasteiger partial charge in [-0.15, -0.1) is 11.3 Å². The maximum absolute atomic E-state index is 12.7. The lowest BCUT2D eigenvalue weighted by Gasteiger charge is -1.98. The molecule has 0 atom stereocenters. The van der Waals surface area contributed by atoms with Crippen LogP contribution in [0.5, 0.6) is 0 Å². The van der Waals surface area contributed by atoms with Crippen LogP contribution in [0.4, 0.5) is 10.2 Å². The molecular weight excluding hydrogens is 229 g/mol. The second kappa shape index (κ2) is 4.63. The Bertz CT molecular complexity index is 480. The molecule has 16 heavy (non-hydrogen) atoms. The molecule has 2 aromatic rings. The van der Waals surface area contributed by atoms with Gasteiger partial charge in [-0.2, -0.15) is 9.49 Å². The summed E-state index contributed by atoms with van der Waals surface area (Å²) in [7, 11) is 1.77. The average molecular weight is 241 g/mol. The number of anilines is 1. The normalized spacial score (nSPS) is 10.7. The molecule has 0 amide bonds. The van der Waals surface area contributed by atoms with E-state index in [1.807, 2.05) is 0 Å². The molecule has 0 fully saturated rings. The third kappa shape index (κ3) is 2.40. The number of halogens is 1. The molecule has 2 rings (SSSR count). The lowest BCUT2D eigenvalue weighted by molar-refractivity contribution is 0.270. The quantitative estimate of drug-likeness (QED) is 0.857. The largest absolute Gasteiger partial charge is 0.390 e. The number of hydrogen-bond donors (Lipinski definition) is 2. The van der Waals surface area contributed by atoms with Gasteiger partial charge in [-0.3, -0.25) is 4.68 Å². The number of thiophene rings is 1. The predicted molar refractivity (Wildman–Crippen MR) is 60.7 cm³/mol. The van der Waals surface area contributed by atoms with Crippen LogP contribution in [-0.2, 0) is 20.2 Å². The van der Waals surface area contributed by atoms with E-state index < -0.39 is 0 Å². The molecule has 0 aromatic carbocycles. The van der Waals surface area contributed by atoms with Crippen molar-refractivity contribution in [2.24, 2.45) is 7.05 Å². The Hall–Kier alpha value is -1.40. The van der Waals surface area contributed by atoms with Gasteiger partial charge >= 0.3 is 0 Å². The lowest BCUT2D eigenvalue weighted by Crippen LogP contribution is -2.00. The van der Waals surface area contributed by atoms with Crippen molar-refractivity contribution >= 4 is 17.2 Å². The van der Waals surface area contributed by atoms with Crippen LogP contribution in [0.25, 0.3) is 0 Å². The Morgan fingerprint density at radius 2 is 2.38 bits per heavy atom. The number of nitrogens with zero attached hydrogens (tertiary/aromatic N) is 2. The Balaban J connectivity index is 1.99. The van der Waals surface area contributed by atoms with Crippen LogP contribution in [-0.4, -0.2) is 14.9 Å². The molecule has 86 valence electrons. The molecule has 0 saturated carbocycles. The molecule has 0 aliphatic rings. The maximum atomic E-state index is 12.7. The van der Waals surface area contributed by atoms with E-state index in [9.17, 15) is 4.39 Å². The standard InChI is InChI=1S/C10H12FN3OS/c1-14-7(6-15)4-10(13-14)12-5-8-2-3-9(11)16-8/h2-4,15H,5-6H2,1H3,(H,12,13). The van der Waals surface area contributed by atoms with E-state index in [2.05, 4.69) is 10.4 Å². The van der Waals surface area contributed by atoms with E-state index in [1.165, 1.54) is 6.07 Å². The van der Waals surface area contributed by atoms with Crippen LogP contribution in [0.3, 0.4) is 0 Å². The summed E-state index contributed by atoms with van der Waals surface area (Å²) in [6.45, 7) is 0.495. The second-order valence-corrected chi connectivity index (χ2v) is 4.48. The molecule has 0 saturated heterocycles. The monoisotopic (exact) mass is 241 g/mol. The Morgan fingerprint density at radius 1 is 1.56 bits per heavy atom. The first-order valence-electron chi connectivity index (χ1n) is 4.81. The van der Waals surface area contributed by atoms with Gasteiger partial charge in [-0.1, -0.05) is 0 Å². The van der Waals surface area contributed by atoms with Crippen LogP contribution in [0.2, 0.25) is 0 Å². The highest BCUT2D eigenvalue weighted by atomic mass is 32.1. The molecule has 0 radical (unpaired) electrons. The smallest absolute Gasteiger partial charge is 0.176 e. The van der Waals surface area contributed by atoms with Crippen molar-refractivity contribution in [3.63, 3.8) is 0 Å². The molecule has 2 aromatic heterocycles. The van der Waals surface area contributed by atoms with Crippen LogP contribution < -0.4 is 5.32 Å². The van der Waals surface area contributed by atoms with Gasteiger partial charge in [0.05, 0.1) is 18.8 Å². The third-order valence-electron chi connectivity index (χ3n) is 2.21. The van der Waals surface area contributed by atoms with Crippen molar-refractivity contribution in [3.8, 4) is 0 Å². The fraction of sp³-hybridized carbons (Fsp3) is 0.300. The number of aliphatic hydroxyl groups is 1. The van der Waals surface area contributed by atoms with Crippen molar-refractivity contribution in [2.75, 3.05) is 5.32 Å². The van der Waals surface area contributed by atoms with Gasteiger partial charge in [0.15, 0.2) is 5.13 Å². The van der Waals surface area contributed by atoms with Crippen molar-refractivity contribution in [1.29, 1.82) is 0 Å². The maximum Gasteiger partial charge on any atom is 0.176 e. The molecule has 2 N–H and O–H groups in total. The highest BCUT2D eigenvalue weighted by Crippen LogP contribution is 2.16. The number of rotatable bonds is 4. The van der Waals surface area contributed by atoms with Crippen molar-refractivity contribution < 1.29 is 9.50 Å². The van der Waals surface area contributed by atoms with Crippen molar-refractivity contribution in [3.05, 3.63) is 33.9 Å². The summed E-state index contributed by atoms with van der Waals surface area (Å²) < 4.78 is 14.3. The van der Waals surface area contributed by atoms with E-state index in [-0.39, 0.29) is 11.7 Å². The number of hydrogen-bond acceptors (Lipinski definition) is 4. The molecule has 0 aliphatic heterocycles. The van der Waals surface area contributed by atoms with Gasteiger partial charge < -0.3 is 10.4 Å². The van der Waals surface area contributed by atoms with Gasteiger partial charge in [0.2, 0.25) is 0 Å². The Kier molecular flexibility index (Phi) is 3.21. The first kappa shape index (κ1) is 11.1. The van der Waals surface area contributed by atoms with E-state index in [0.29, 0.717) is 12.4 Å². The summed E-state index contributed by atoms with van der Waals surface area (Å²) in [6, 6.07) is 4.95. The van der Waals surface area contributed by atoms with Crippen molar-refractivity contribution in [2.45, 2.75) is 13.2 Å². The minimum Gasteiger partial charge on any atom is -0.390 e. The van der Waals surface area contributed by atoms with Gasteiger partial charge in [0, 0.05) is 18.0 Å². The number of aliphatic hydroxyl groups excluding tert-OH is 1. The fourth-order valence-corrected chi connectivity index (χ4v) is 2.03. The van der Waals surface area contributed by atoms with E-state index in [0.717, 1.165) is 21.9 Å². The summed E-state index contributed by atoms with van der Waals surface area (Å²) in [5.74, 6) is 0.681. The highest BCUT2D eigenvalue weighted by molar-refractivity contribution is 7.10. The van der Waals surface area contributed by atoms with Crippen LogP contribution in [0, 0.1) is 5.13 Å². The molecule has 0 spiro atoms. The van der Waals surface area contributed by atoms with Gasteiger partial charge in [0.1, 0.15) is 5.82 Å². The molecule has 6 heteroatoms. The Morgan fingerprint density at radius 3 is 2.94 bits per heavy atom. The van der Waals surface area contributed by atoms with Gasteiger partial charge in [0.25, 0.3) is 0 Å². The molecule has 4 nitrogen and oxygen atoms in total. The zero-order valence-electron chi connectivity index (χ0n) is 8.77. The first-order valence-corrected chi connectivity index (χ1v) is 5.62. The second-order valence-electron chi connectivity index (χ2n) is 3.36. The summed E-state index contributed by atoms with van der Waals surface area (Å²) >= 11 is 1.11. The minimum atomic E-state index is -0.186. The summed E-state index contributed by atoms with van der Waals surface area (Å²) in [4.78, 5) is 0.911. The summed E-state index contributed by atoms with van der Waals surface area (Å²) in [6.07, 6.45) is 0. The number of aromatic nitrogens is 2. The van der Waals surface area contributed by atoms with Crippen LogP contribution in [0.15, 0.2) is 18.2 Å². The average Bonchev–Trinajstić information content (AvgIpc) is 2.82. The third-order valence-corrected chi connectivity index (χ3v) is 3.09. The fourth-order valence-electron chi connectivity index (χ4n) is 1.36.